The molecule has 0 unspecified atom stereocenters. The SMILES string of the molecule is CCCCCOc1ccc(/C=N/NC(=O)CSc2nnc(-c3ccccc3)n2-c2ccc(O)cc2)cc1. The fourth-order valence-corrected chi connectivity index (χ4v) is 4.25. The highest BCUT2D eigenvalue weighted by molar-refractivity contribution is 7.99. The summed E-state index contributed by atoms with van der Waals surface area (Å²) in [7, 11) is 0. The summed E-state index contributed by atoms with van der Waals surface area (Å²) in [6, 6.07) is 24.0. The predicted molar refractivity (Wildman–Crippen MR) is 146 cm³/mol. The van der Waals surface area contributed by atoms with Crippen molar-refractivity contribution >= 4 is 23.9 Å². The second kappa shape index (κ2) is 13.3. The fraction of sp³-hybridized carbons (Fsp3) is 0.214. The number of unbranched alkanes of at least 4 members (excludes halogenated alkanes) is 2. The smallest absolute Gasteiger partial charge is 0.250 e. The van der Waals surface area contributed by atoms with Crippen LogP contribution in [0.15, 0.2) is 89.1 Å². The van der Waals surface area contributed by atoms with Crippen molar-refractivity contribution < 1.29 is 14.6 Å². The zero-order chi connectivity index (χ0) is 25.9. The van der Waals surface area contributed by atoms with Gasteiger partial charge in [-0.15, -0.1) is 10.2 Å². The number of phenolic OH excluding ortho intramolecular Hbond substituents is 1. The average Bonchev–Trinajstić information content (AvgIpc) is 3.36. The van der Waals surface area contributed by atoms with Gasteiger partial charge in [0.1, 0.15) is 11.5 Å². The molecule has 0 saturated carbocycles. The highest BCUT2D eigenvalue weighted by atomic mass is 32.2. The van der Waals surface area contributed by atoms with Crippen molar-refractivity contribution in [3.63, 3.8) is 0 Å². The highest BCUT2D eigenvalue weighted by Gasteiger charge is 2.17. The van der Waals surface area contributed by atoms with Gasteiger partial charge in [0.15, 0.2) is 11.0 Å². The van der Waals surface area contributed by atoms with Gasteiger partial charge in [0.05, 0.1) is 18.6 Å². The number of rotatable bonds is 12. The molecule has 1 aromatic heterocycles. The van der Waals surface area contributed by atoms with Crippen LogP contribution in [0.3, 0.4) is 0 Å². The third kappa shape index (κ3) is 7.44. The molecule has 0 radical (unpaired) electrons. The first-order chi connectivity index (χ1) is 18.1. The second-order valence-electron chi connectivity index (χ2n) is 8.23. The number of thioether (sulfide) groups is 1. The van der Waals surface area contributed by atoms with Crippen LogP contribution in [0.25, 0.3) is 17.1 Å². The number of aromatic nitrogens is 3. The molecule has 0 fully saturated rings. The van der Waals surface area contributed by atoms with Gasteiger partial charge in [-0.05, 0) is 60.5 Å². The molecule has 1 heterocycles. The Morgan fingerprint density at radius 3 is 2.51 bits per heavy atom. The van der Waals surface area contributed by atoms with Crippen molar-refractivity contribution in [2.24, 2.45) is 5.10 Å². The number of amides is 1. The van der Waals surface area contributed by atoms with E-state index >= 15 is 0 Å². The van der Waals surface area contributed by atoms with Gasteiger partial charge in [-0.2, -0.15) is 5.10 Å². The molecular weight excluding hydrogens is 486 g/mol. The number of hydrogen-bond acceptors (Lipinski definition) is 7. The monoisotopic (exact) mass is 515 g/mol. The molecule has 9 heteroatoms. The number of carbonyl (C=O) groups is 1. The highest BCUT2D eigenvalue weighted by Crippen LogP contribution is 2.28. The fourth-order valence-electron chi connectivity index (χ4n) is 3.51. The lowest BCUT2D eigenvalue weighted by atomic mass is 10.2. The van der Waals surface area contributed by atoms with Gasteiger partial charge < -0.3 is 9.84 Å². The molecular formula is C28H29N5O3S. The van der Waals surface area contributed by atoms with Crippen LogP contribution in [0.1, 0.15) is 31.7 Å². The van der Waals surface area contributed by atoms with Gasteiger partial charge >= 0.3 is 0 Å². The van der Waals surface area contributed by atoms with Crippen LogP contribution in [0, 0.1) is 0 Å². The van der Waals surface area contributed by atoms with Crippen LogP contribution in [-0.2, 0) is 4.79 Å². The molecule has 4 rings (SSSR count). The van der Waals surface area contributed by atoms with Crippen molar-refractivity contribution in [1.29, 1.82) is 0 Å². The summed E-state index contributed by atoms with van der Waals surface area (Å²) in [5.74, 6) is 1.47. The van der Waals surface area contributed by atoms with Crippen molar-refractivity contribution in [3.8, 4) is 28.6 Å². The zero-order valence-corrected chi connectivity index (χ0v) is 21.4. The number of benzene rings is 3. The van der Waals surface area contributed by atoms with E-state index in [-0.39, 0.29) is 17.4 Å². The normalized spacial score (nSPS) is 11.1. The molecule has 190 valence electrons. The molecule has 0 saturated heterocycles. The van der Waals surface area contributed by atoms with E-state index in [2.05, 4.69) is 27.6 Å². The van der Waals surface area contributed by atoms with Gasteiger partial charge in [0.2, 0.25) is 0 Å². The zero-order valence-electron chi connectivity index (χ0n) is 20.6. The van der Waals surface area contributed by atoms with E-state index in [9.17, 15) is 9.90 Å². The molecule has 0 spiro atoms. The van der Waals surface area contributed by atoms with Crippen LogP contribution in [-0.4, -0.2) is 44.4 Å². The first-order valence-corrected chi connectivity index (χ1v) is 13.1. The Balaban J connectivity index is 1.36. The molecule has 0 aliphatic heterocycles. The molecule has 0 bridgehead atoms. The first-order valence-electron chi connectivity index (χ1n) is 12.1. The van der Waals surface area contributed by atoms with E-state index < -0.39 is 0 Å². The minimum atomic E-state index is -0.265. The van der Waals surface area contributed by atoms with Gasteiger partial charge in [-0.1, -0.05) is 61.9 Å². The number of hydrazone groups is 1. The maximum Gasteiger partial charge on any atom is 0.250 e. The van der Waals surface area contributed by atoms with E-state index in [1.807, 2.05) is 59.2 Å². The van der Waals surface area contributed by atoms with E-state index in [1.165, 1.54) is 11.8 Å². The summed E-state index contributed by atoms with van der Waals surface area (Å²) < 4.78 is 7.58. The lowest BCUT2D eigenvalue weighted by Crippen LogP contribution is -2.20. The third-order valence-electron chi connectivity index (χ3n) is 5.41. The number of nitrogens with zero attached hydrogens (tertiary/aromatic N) is 4. The quantitative estimate of drug-likeness (QED) is 0.113. The Kier molecular flexibility index (Phi) is 9.31. The van der Waals surface area contributed by atoms with Crippen LogP contribution in [0.2, 0.25) is 0 Å². The molecule has 1 amide bonds. The van der Waals surface area contributed by atoms with Crippen LogP contribution >= 0.6 is 11.8 Å². The van der Waals surface area contributed by atoms with Crippen LogP contribution in [0.5, 0.6) is 11.5 Å². The van der Waals surface area contributed by atoms with Crippen molar-refractivity contribution in [1.82, 2.24) is 20.2 Å². The van der Waals surface area contributed by atoms with Crippen molar-refractivity contribution in [2.45, 2.75) is 31.3 Å². The lowest BCUT2D eigenvalue weighted by molar-refractivity contribution is -0.118. The molecule has 3 aromatic carbocycles. The Hall–Kier alpha value is -4.11. The lowest BCUT2D eigenvalue weighted by Gasteiger charge is -2.10. The Labute approximate surface area is 220 Å². The molecule has 8 nitrogen and oxygen atoms in total. The number of nitrogens with one attached hydrogen (secondary N) is 1. The third-order valence-corrected chi connectivity index (χ3v) is 6.33. The molecule has 2 N–H and O–H groups in total. The molecule has 0 aliphatic carbocycles. The summed E-state index contributed by atoms with van der Waals surface area (Å²) in [6.45, 7) is 2.87. The number of hydrogen-bond donors (Lipinski definition) is 2. The van der Waals surface area contributed by atoms with Crippen LogP contribution in [0.4, 0.5) is 0 Å². The Morgan fingerprint density at radius 2 is 1.78 bits per heavy atom. The van der Waals surface area contributed by atoms with E-state index in [4.69, 9.17) is 4.74 Å². The summed E-state index contributed by atoms with van der Waals surface area (Å²) in [4.78, 5) is 12.4. The molecule has 0 aliphatic rings. The van der Waals surface area contributed by atoms with E-state index in [1.54, 1.807) is 30.5 Å². The number of phenols is 1. The van der Waals surface area contributed by atoms with E-state index in [0.29, 0.717) is 17.6 Å². The van der Waals surface area contributed by atoms with Crippen molar-refractivity contribution in [3.05, 3.63) is 84.4 Å². The van der Waals surface area contributed by atoms with E-state index in [0.717, 1.165) is 41.8 Å². The summed E-state index contributed by atoms with van der Waals surface area (Å²) in [5.41, 5.74) is 5.08. The maximum absolute atomic E-state index is 12.4. The number of ether oxygens (including phenoxy) is 1. The summed E-state index contributed by atoms with van der Waals surface area (Å²) in [5, 5.41) is 23.0. The molecule has 0 atom stereocenters. The number of aromatic hydroxyl groups is 1. The summed E-state index contributed by atoms with van der Waals surface area (Å²) >= 11 is 1.25. The largest absolute Gasteiger partial charge is 0.508 e. The van der Waals surface area contributed by atoms with Crippen molar-refractivity contribution in [2.75, 3.05) is 12.4 Å². The molecule has 37 heavy (non-hydrogen) atoms. The minimum absolute atomic E-state index is 0.104. The van der Waals surface area contributed by atoms with Gasteiger partial charge in [0.25, 0.3) is 5.91 Å². The number of carbonyl (C=O) groups excluding carboxylic acids is 1. The standard InChI is InChI=1S/C28H29N5O3S/c1-2-3-7-18-36-25-16-10-21(11-17-25)19-29-30-26(35)20-37-28-32-31-27(22-8-5-4-6-9-22)33(28)23-12-14-24(34)15-13-23/h4-6,8-17,19,34H,2-3,7,18,20H2,1H3,(H,30,35)/b29-19+. The van der Waals surface area contributed by atoms with Gasteiger partial charge in [-0.25, -0.2) is 5.43 Å². The van der Waals surface area contributed by atoms with Gasteiger partial charge in [-0.3, -0.25) is 9.36 Å². The van der Waals surface area contributed by atoms with Crippen LogP contribution < -0.4 is 10.2 Å². The Bertz CT molecular complexity index is 1310. The first kappa shape index (κ1) is 26.0. The Morgan fingerprint density at radius 1 is 1.03 bits per heavy atom. The molecule has 4 aromatic rings. The average molecular weight is 516 g/mol. The van der Waals surface area contributed by atoms with Gasteiger partial charge in [0, 0.05) is 11.3 Å². The predicted octanol–water partition coefficient (Wildman–Crippen LogP) is 5.45. The second-order valence-corrected chi connectivity index (χ2v) is 9.17. The topological polar surface area (TPSA) is 102 Å². The maximum atomic E-state index is 12.4. The summed E-state index contributed by atoms with van der Waals surface area (Å²) in [6.07, 6.45) is 4.96. The minimum Gasteiger partial charge on any atom is -0.508 e.